The molecule has 4 rings (SSSR count). The van der Waals surface area contributed by atoms with Crippen molar-refractivity contribution >= 4 is 56.4 Å². The minimum Gasteiger partial charge on any atom is -0.393 e. The number of carbonyl (C=O) groups excluding carboxylic acids is 1. The number of anilines is 1. The molecule has 0 bridgehead atoms. The SMILES string of the molecule is NS(=O)(=O)OC[C@H]1C[C@@H](Nc2ncncc2C(=O)c2cc(Cl)c([C@@H](O)c3cccc(Cl)c3)s2)C[C@@H]1O. The third-order valence-electron chi connectivity index (χ3n) is 5.75. The Morgan fingerprint density at radius 3 is 2.81 bits per heavy atom. The second kappa shape index (κ2) is 11.1. The molecular formula is C22H22Cl2N4O6S2. The monoisotopic (exact) mass is 572 g/mol. The van der Waals surface area contributed by atoms with Gasteiger partial charge in [0.2, 0.25) is 5.78 Å². The number of ketones is 1. The molecule has 0 aliphatic heterocycles. The minimum atomic E-state index is -4.12. The zero-order valence-electron chi connectivity index (χ0n) is 18.5. The van der Waals surface area contributed by atoms with E-state index in [0.29, 0.717) is 21.9 Å². The van der Waals surface area contributed by atoms with Crippen LogP contribution in [-0.4, -0.2) is 53.1 Å². The van der Waals surface area contributed by atoms with Gasteiger partial charge in [-0.25, -0.2) is 15.1 Å². The van der Waals surface area contributed by atoms with Crippen molar-refractivity contribution in [1.82, 2.24) is 9.97 Å². The second-order valence-electron chi connectivity index (χ2n) is 8.31. The molecule has 14 heteroatoms. The first-order valence-electron chi connectivity index (χ1n) is 10.7. The number of thiophene rings is 1. The fourth-order valence-electron chi connectivity index (χ4n) is 4.03. The largest absolute Gasteiger partial charge is 0.393 e. The molecule has 1 aliphatic rings. The van der Waals surface area contributed by atoms with Gasteiger partial charge in [0.25, 0.3) is 0 Å². The zero-order chi connectivity index (χ0) is 26.0. The summed E-state index contributed by atoms with van der Waals surface area (Å²) in [5.74, 6) is -0.614. The van der Waals surface area contributed by atoms with Gasteiger partial charge in [0, 0.05) is 23.2 Å². The molecule has 2 heterocycles. The third-order valence-corrected chi connectivity index (χ3v) is 8.06. The molecule has 36 heavy (non-hydrogen) atoms. The normalized spacial score (nSPS) is 20.9. The number of benzene rings is 1. The number of hydrogen-bond acceptors (Lipinski definition) is 10. The van der Waals surface area contributed by atoms with E-state index in [1.165, 1.54) is 18.6 Å². The van der Waals surface area contributed by atoms with Crippen molar-refractivity contribution in [2.24, 2.45) is 11.1 Å². The van der Waals surface area contributed by atoms with E-state index in [2.05, 4.69) is 19.5 Å². The second-order valence-corrected chi connectivity index (χ2v) is 11.5. The molecular weight excluding hydrogens is 551 g/mol. The maximum atomic E-state index is 13.3. The van der Waals surface area contributed by atoms with Crippen molar-refractivity contribution in [2.45, 2.75) is 31.1 Å². The van der Waals surface area contributed by atoms with Crippen LogP contribution in [0.4, 0.5) is 5.82 Å². The van der Waals surface area contributed by atoms with Crippen LogP contribution in [-0.2, 0) is 14.5 Å². The molecule has 1 saturated carbocycles. The number of hydrogen-bond donors (Lipinski definition) is 4. The summed E-state index contributed by atoms with van der Waals surface area (Å²) in [6.45, 7) is -0.251. The third kappa shape index (κ3) is 6.39. The first kappa shape index (κ1) is 26.9. The Kier molecular flexibility index (Phi) is 8.27. The molecule has 4 atom stereocenters. The molecule has 0 radical (unpaired) electrons. The number of nitrogens with one attached hydrogen (secondary N) is 1. The quantitative estimate of drug-likeness (QED) is 0.282. The van der Waals surface area contributed by atoms with Crippen LogP contribution in [0.25, 0.3) is 0 Å². The summed E-state index contributed by atoms with van der Waals surface area (Å²) in [7, 11) is -4.12. The standard InChI is InChI=1S/C22H22Cl2N4O6S2/c23-13-3-1-2-11(4-13)19(30)21-16(24)7-18(35-21)20(31)15-8-26-10-27-22(15)28-14-5-12(17(29)6-14)9-34-36(25,32)33/h1-4,7-8,10,12,14,17,19,29-30H,5-6,9H2,(H2,25,32,33)(H,26,27,28)/t12-,14-,17+,19+/m1/s1. The van der Waals surface area contributed by atoms with Crippen LogP contribution in [0.2, 0.25) is 10.0 Å². The summed E-state index contributed by atoms with van der Waals surface area (Å²) in [6.07, 6.45) is 1.42. The van der Waals surface area contributed by atoms with E-state index in [4.69, 9.17) is 28.3 Å². The number of aliphatic hydroxyl groups excluding tert-OH is 2. The highest BCUT2D eigenvalue weighted by molar-refractivity contribution is 7.84. The molecule has 192 valence electrons. The summed E-state index contributed by atoms with van der Waals surface area (Å²) < 4.78 is 26.7. The number of aromatic nitrogens is 2. The number of rotatable bonds is 9. The smallest absolute Gasteiger partial charge is 0.333 e. The fraction of sp³-hybridized carbons (Fsp3) is 0.318. The van der Waals surface area contributed by atoms with Gasteiger partial charge in [-0.1, -0.05) is 35.3 Å². The predicted octanol–water partition coefficient (Wildman–Crippen LogP) is 2.93. The number of halogens is 2. The Morgan fingerprint density at radius 1 is 1.31 bits per heavy atom. The highest BCUT2D eigenvalue weighted by Gasteiger charge is 2.35. The topological polar surface area (TPSA) is 165 Å². The van der Waals surface area contributed by atoms with Crippen molar-refractivity contribution in [3.8, 4) is 0 Å². The number of nitrogens with zero attached hydrogens (tertiary/aromatic N) is 2. The Bertz CT molecular complexity index is 1370. The average molecular weight is 573 g/mol. The summed E-state index contributed by atoms with van der Waals surface area (Å²) in [5.41, 5.74) is 0.717. The molecule has 5 N–H and O–H groups in total. The molecule has 1 aromatic carbocycles. The molecule has 1 fully saturated rings. The van der Waals surface area contributed by atoms with Gasteiger partial charge in [0.05, 0.1) is 33.1 Å². The van der Waals surface area contributed by atoms with Gasteiger partial charge in [-0.05, 0) is 36.6 Å². The van der Waals surface area contributed by atoms with Gasteiger partial charge in [-0.15, -0.1) is 11.3 Å². The van der Waals surface area contributed by atoms with E-state index in [1.54, 1.807) is 24.3 Å². The number of aliphatic hydroxyl groups is 2. The van der Waals surface area contributed by atoms with E-state index in [-0.39, 0.29) is 40.4 Å². The lowest BCUT2D eigenvalue weighted by atomic mass is 10.1. The van der Waals surface area contributed by atoms with Crippen LogP contribution in [0, 0.1) is 5.92 Å². The highest BCUT2D eigenvalue weighted by atomic mass is 35.5. The van der Waals surface area contributed by atoms with Gasteiger partial charge in [-0.2, -0.15) is 8.42 Å². The lowest BCUT2D eigenvalue weighted by molar-refractivity contribution is 0.101. The van der Waals surface area contributed by atoms with Crippen molar-refractivity contribution in [3.63, 3.8) is 0 Å². The highest BCUT2D eigenvalue weighted by Crippen LogP contribution is 2.38. The van der Waals surface area contributed by atoms with Crippen LogP contribution in [0.5, 0.6) is 0 Å². The Morgan fingerprint density at radius 2 is 2.08 bits per heavy atom. The van der Waals surface area contributed by atoms with Gasteiger partial charge >= 0.3 is 10.3 Å². The summed E-state index contributed by atoms with van der Waals surface area (Å²) >= 11 is 13.4. The van der Waals surface area contributed by atoms with E-state index in [0.717, 1.165) is 11.3 Å². The average Bonchev–Trinajstić information content (AvgIpc) is 3.38. The van der Waals surface area contributed by atoms with Crippen molar-refractivity contribution < 1.29 is 27.6 Å². The van der Waals surface area contributed by atoms with E-state index >= 15 is 0 Å². The summed E-state index contributed by atoms with van der Waals surface area (Å²) in [5, 5.41) is 29.8. The van der Waals surface area contributed by atoms with E-state index < -0.39 is 34.2 Å². The van der Waals surface area contributed by atoms with Crippen LogP contribution in [0.3, 0.4) is 0 Å². The van der Waals surface area contributed by atoms with E-state index in [1.807, 2.05) is 0 Å². The first-order chi connectivity index (χ1) is 17.0. The number of nitrogens with two attached hydrogens (primary N) is 1. The Balaban J connectivity index is 1.51. The van der Waals surface area contributed by atoms with E-state index in [9.17, 15) is 23.4 Å². The Labute approximate surface area is 221 Å². The van der Waals surface area contributed by atoms with Crippen molar-refractivity contribution in [2.75, 3.05) is 11.9 Å². The van der Waals surface area contributed by atoms with Gasteiger partial charge in [0.15, 0.2) is 0 Å². The molecule has 0 amide bonds. The molecule has 0 saturated heterocycles. The summed E-state index contributed by atoms with van der Waals surface area (Å²) in [6, 6.07) is 7.90. The maximum absolute atomic E-state index is 13.3. The van der Waals surface area contributed by atoms with Gasteiger partial charge < -0.3 is 15.5 Å². The zero-order valence-corrected chi connectivity index (χ0v) is 21.7. The fourth-order valence-corrected chi connectivity index (χ4v) is 6.00. The van der Waals surface area contributed by atoms with Crippen LogP contribution in [0.15, 0.2) is 42.9 Å². The molecule has 10 nitrogen and oxygen atoms in total. The van der Waals surface area contributed by atoms with Crippen LogP contribution in [0.1, 0.15) is 44.6 Å². The van der Waals surface area contributed by atoms with Gasteiger partial charge in [-0.3, -0.25) is 8.98 Å². The molecule has 3 aromatic rings. The molecule has 2 aromatic heterocycles. The predicted molar refractivity (Wildman–Crippen MR) is 136 cm³/mol. The minimum absolute atomic E-state index is 0.179. The molecule has 1 aliphatic carbocycles. The van der Waals surface area contributed by atoms with Crippen LogP contribution >= 0.6 is 34.5 Å². The first-order valence-corrected chi connectivity index (χ1v) is 13.8. The summed E-state index contributed by atoms with van der Waals surface area (Å²) in [4.78, 5) is 22.2. The molecule has 0 spiro atoms. The lowest BCUT2D eigenvalue weighted by Gasteiger charge is -2.15. The van der Waals surface area contributed by atoms with Crippen molar-refractivity contribution in [1.29, 1.82) is 0 Å². The van der Waals surface area contributed by atoms with Gasteiger partial charge in [0.1, 0.15) is 18.2 Å². The maximum Gasteiger partial charge on any atom is 0.333 e. The Hall–Kier alpha value is -2.16. The number of carbonyl (C=O) groups is 1. The van der Waals surface area contributed by atoms with Crippen molar-refractivity contribution in [3.05, 3.63) is 73.8 Å². The van der Waals surface area contributed by atoms with Crippen LogP contribution < -0.4 is 10.5 Å². The lowest BCUT2D eigenvalue weighted by Crippen LogP contribution is -2.24. The molecule has 0 unspecified atom stereocenters.